The van der Waals surface area contributed by atoms with Gasteiger partial charge in [-0.25, -0.2) is 5.84 Å². The lowest BCUT2D eigenvalue weighted by molar-refractivity contribution is 0.183. The SMILES string of the molecule is CCN(CC)c1nc(NN)nc(NC(C)C2CCOC2)n1. The average molecular weight is 295 g/mol. The topological polar surface area (TPSA) is 101 Å². The first-order valence-electron chi connectivity index (χ1n) is 7.49. The van der Waals surface area contributed by atoms with E-state index in [0.29, 0.717) is 23.8 Å². The minimum Gasteiger partial charge on any atom is -0.381 e. The van der Waals surface area contributed by atoms with Gasteiger partial charge in [-0.05, 0) is 27.2 Å². The van der Waals surface area contributed by atoms with E-state index in [9.17, 15) is 0 Å². The Morgan fingerprint density at radius 2 is 2.00 bits per heavy atom. The predicted molar refractivity (Wildman–Crippen MR) is 83.2 cm³/mol. The molecule has 2 unspecified atom stereocenters. The van der Waals surface area contributed by atoms with Gasteiger partial charge in [0.1, 0.15) is 0 Å². The number of aromatic nitrogens is 3. The van der Waals surface area contributed by atoms with Crippen molar-refractivity contribution in [3.8, 4) is 0 Å². The summed E-state index contributed by atoms with van der Waals surface area (Å²) in [7, 11) is 0. The Morgan fingerprint density at radius 1 is 1.29 bits per heavy atom. The molecular weight excluding hydrogens is 270 g/mol. The molecule has 0 aromatic carbocycles. The van der Waals surface area contributed by atoms with E-state index in [0.717, 1.165) is 32.7 Å². The molecule has 8 nitrogen and oxygen atoms in total. The lowest BCUT2D eigenvalue weighted by Crippen LogP contribution is -2.29. The van der Waals surface area contributed by atoms with Gasteiger partial charge in [0.2, 0.25) is 17.8 Å². The lowest BCUT2D eigenvalue weighted by Gasteiger charge is -2.22. The van der Waals surface area contributed by atoms with Crippen molar-refractivity contribution in [3.05, 3.63) is 0 Å². The molecule has 0 radical (unpaired) electrons. The molecule has 1 saturated heterocycles. The molecule has 4 N–H and O–H groups in total. The molecule has 0 aliphatic carbocycles. The highest BCUT2D eigenvalue weighted by atomic mass is 16.5. The van der Waals surface area contributed by atoms with Gasteiger partial charge >= 0.3 is 0 Å². The second-order valence-electron chi connectivity index (χ2n) is 5.16. The van der Waals surface area contributed by atoms with Crippen molar-refractivity contribution in [2.75, 3.05) is 41.9 Å². The van der Waals surface area contributed by atoms with E-state index in [4.69, 9.17) is 10.6 Å². The Morgan fingerprint density at radius 3 is 2.57 bits per heavy atom. The van der Waals surface area contributed by atoms with Crippen LogP contribution in [0, 0.1) is 5.92 Å². The van der Waals surface area contributed by atoms with Crippen LogP contribution >= 0.6 is 0 Å². The van der Waals surface area contributed by atoms with Crippen molar-refractivity contribution >= 4 is 17.8 Å². The minimum absolute atomic E-state index is 0.241. The molecule has 2 rings (SSSR count). The van der Waals surface area contributed by atoms with Crippen molar-refractivity contribution in [1.82, 2.24) is 15.0 Å². The fraction of sp³-hybridized carbons (Fsp3) is 0.769. The van der Waals surface area contributed by atoms with Gasteiger partial charge in [0, 0.05) is 31.7 Å². The van der Waals surface area contributed by atoms with E-state index < -0.39 is 0 Å². The summed E-state index contributed by atoms with van der Waals surface area (Å²) in [5.41, 5.74) is 2.50. The molecular formula is C13H25N7O. The Labute approximate surface area is 125 Å². The van der Waals surface area contributed by atoms with E-state index in [1.165, 1.54) is 0 Å². The van der Waals surface area contributed by atoms with Crippen LogP contribution in [0.2, 0.25) is 0 Å². The molecule has 1 aliphatic rings. The zero-order chi connectivity index (χ0) is 15.2. The summed E-state index contributed by atoms with van der Waals surface area (Å²) >= 11 is 0. The number of nitrogens with two attached hydrogens (primary N) is 1. The Balaban J connectivity index is 2.15. The third-order valence-corrected chi connectivity index (χ3v) is 3.83. The van der Waals surface area contributed by atoms with Crippen LogP contribution in [0.3, 0.4) is 0 Å². The fourth-order valence-corrected chi connectivity index (χ4v) is 2.41. The van der Waals surface area contributed by atoms with Gasteiger partial charge in [-0.3, -0.25) is 5.43 Å². The third-order valence-electron chi connectivity index (χ3n) is 3.83. The molecule has 0 spiro atoms. The molecule has 0 bridgehead atoms. The van der Waals surface area contributed by atoms with Crippen LogP contribution in [-0.2, 0) is 4.74 Å². The molecule has 8 heteroatoms. The lowest BCUT2D eigenvalue weighted by atomic mass is 10.0. The maximum Gasteiger partial charge on any atom is 0.243 e. The van der Waals surface area contributed by atoms with E-state index >= 15 is 0 Å². The number of ether oxygens (including phenoxy) is 1. The molecule has 2 heterocycles. The molecule has 1 aromatic heterocycles. The number of anilines is 3. The second-order valence-corrected chi connectivity index (χ2v) is 5.16. The number of rotatable bonds is 7. The monoisotopic (exact) mass is 295 g/mol. The summed E-state index contributed by atoms with van der Waals surface area (Å²) in [5, 5.41) is 3.34. The first-order chi connectivity index (χ1) is 10.2. The van der Waals surface area contributed by atoms with Crippen molar-refractivity contribution in [2.45, 2.75) is 33.2 Å². The number of nitrogen functional groups attached to an aromatic ring is 1. The van der Waals surface area contributed by atoms with Gasteiger partial charge in [0.05, 0.1) is 6.61 Å². The summed E-state index contributed by atoms with van der Waals surface area (Å²) in [4.78, 5) is 15.1. The Kier molecular flexibility index (Phi) is 5.51. The third kappa shape index (κ3) is 3.92. The molecule has 1 aliphatic heterocycles. The summed E-state index contributed by atoms with van der Waals surface area (Å²) < 4.78 is 5.42. The summed E-state index contributed by atoms with van der Waals surface area (Å²) in [6, 6.07) is 0.241. The van der Waals surface area contributed by atoms with Gasteiger partial charge in [0.25, 0.3) is 0 Å². The molecule has 0 saturated carbocycles. The molecule has 118 valence electrons. The smallest absolute Gasteiger partial charge is 0.243 e. The highest BCUT2D eigenvalue weighted by molar-refractivity contribution is 5.43. The van der Waals surface area contributed by atoms with Crippen LogP contribution in [0.15, 0.2) is 0 Å². The molecule has 1 aromatic rings. The molecule has 1 fully saturated rings. The van der Waals surface area contributed by atoms with E-state index in [1.807, 2.05) is 0 Å². The average Bonchev–Trinajstić information content (AvgIpc) is 3.02. The van der Waals surface area contributed by atoms with Crippen molar-refractivity contribution < 1.29 is 4.74 Å². The fourth-order valence-electron chi connectivity index (χ4n) is 2.41. The second kappa shape index (κ2) is 7.37. The van der Waals surface area contributed by atoms with Crippen molar-refractivity contribution in [2.24, 2.45) is 11.8 Å². The summed E-state index contributed by atoms with van der Waals surface area (Å²) in [5.74, 6) is 7.47. The Hall–Kier alpha value is -1.67. The van der Waals surface area contributed by atoms with Crippen molar-refractivity contribution in [1.29, 1.82) is 0 Å². The van der Waals surface area contributed by atoms with Crippen LogP contribution in [0.1, 0.15) is 27.2 Å². The standard InChI is InChI=1S/C13H25N7O/c1-4-20(5-2)13-17-11(16-12(18-13)19-14)15-9(3)10-6-7-21-8-10/h9-10H,4-8,14H2,1-3H3,(H2,15,16,17,18,19). The zero-order valence-corrected chi connectivity index (χ0v) is 13.0. The van der Waals surface area contributed by atoms with Crippen LogP contribution in [0.25, 0.3) is 0 Å². The van der Waals surface area contributed by atoms with Crippen LogP contribution in [0.4, 0.5) is 17.8 Å². The number of hydrazine groups is 1. The highest BCUT2D eigenvalue weighted by Gasteiger charge is 2.23. The Bertz CT molecular complexity index is 446. The first kappa shape index (κ1) is 15.7. The first-order valence-corrected chi connectivity index (χ1v) is 7.49. The normalized spacial score (nSPS) is 19.3. The maximum atomic E-state index is 5.45. The largest absolute Gasteiger partial charge is 0.381 e. The molecule has 2 atom stereocenters. The van der Waals surface area contributed by atoms with Crippen LogP contribution in [0.5, 0.6) is 0 Å². The van der Waals surface area contributed by atoms with Gasteiger partial charge in [-0.15, -0.1) is 0 Å². The van der Waals surface area contributed by atoms with E-state index in [1.54, 1.807) is 0 Å². The van der Waals surface area contributed by atoms with Gasteiger partial charge in [-0.2, -0.15) is 15.0 Å². The summed E-state index contributed by atoms with van der Waals surface area (Å²) in [6.07, 6.45) is 1.06. The summed E-state index contributed by atoms with van der Waals surface area (Å²) in [6.45, 7) is 9.52. The van der Waals surface area contributed by atoms with Gasteiger partial charge < -0.3 is 15.0 Å². The quantitative estimate of drug-likeness (QED) is 0.502. The maximum absolute atomic E-state index is 5.45. The number of nitrogens with zero attached hydrogens (tertiary/aromatic N) is 4. The predicted octanol–water partition coefficient (Wildman–Crippen LogP) is 0.840. The molecule has 21 heavy (non-hydrogen) atoms. The number of hydrogen-bond acceptors (Lipinski definition) is 8. The van der Waals surface area contributed by atoms with E-state index in [-0.39, 0.29) is 6.04 Å². The number of nitrogens with one attached hydrogen (secondary N) is 2. The van der Waals surface area contributed by atoms with Crippen molar-refractivity contribution in [3.63, 3.8) is 0 Å². The van der Waals surface area contributed by atoms with Gasteiger partial charge in [-0.1, -0.05) is 0 Å². The zero-order valence-electron chi connectivity index (χ0n) is 13.0. The van der Waals surface area contributed by atoms with Crippen LogP contribution < -0.4 is 21.5 Å². The molecule has 0 amide bonds. The highest BCUT2D eigenvalue weighted by Crippen LogP contribution is 2.20. The van der Waals surface area contributed by atoms with E-state index in [2.05, 4.69) is 51.4 Å². The number of hydrogen-bond donors (Lipinski definition) is 3. The minimum atomic E-state index is 0.241. The van der Waals surface area contributed by atoms with Gasteiger partial charge in [0.15, 0.2) is 0 Å². The van der Waals surface area contributed by atoms with Crippen LogP contribution in [-0.4, -0.2) is 47.3 Å².